The number of amides is 2. The molecule has 0 unspecified atom stereocenters. The molecule has 3 aromatic rings. The summed E-state index contributed by atoms with van der Waals surface area (Å²) in [7, 11) is 0. The number of aryl methyl sites for hydroxylation is 1. The topological polar surface area (TPSA) is 61.4 Å². The van der Waals surface area contributed by atoms with Crippen molar-refractivity contribution in [3.8, 4) is 22.4 Å². The van der Waals surface area contributed by atoms with Crippen LogP contribution in [0.4, 0.5) is 15.1 Å². The number of benzene rings is 2. The molecule has 0 spiro atoms. The Hall–Kier alpha value is -3.03. The number of hydrogen-bond acceptors (Lipinski definition) is 4. The van der Waals surface area contributed by atoms with Crippen molar-refractivity contribution in [2.24, 2.45) is 0 Å². The van der Waals surface area contributed by atoms with Crippen molar-refractivity contribution in [2.75, 3.05) is 31.5 Å². The second kappa shape index (κ2) is 10.9. The molecule has 8 heteroatoms. The molecule has 2 aromatic carbocycles. The van der Waals surface area contributed by atoms with Crippen molar-refractivity contribution in [3.63, 3.8) is 0 Å². The number of piperidine rings is 2. The van der Waals surface area contributed by atoms with Crippen LogP contribution < -0.4 is 5.32 Å². The fraction of sp³-hybridized carbons (Fsp3) is 0.393. The minimum atomic E-state index is -0.325. The summed E-state index contributed by atoms with van der Waals surface area (Å²) in [5.41, 5.74) is 3.95. The maximum atomic E-state index is 13.6. The summed E-state index contributed by atoms with van der Waals surface area (Å²) in [5.74, 6) is -0.102. The minimum absolute atomic E-state index is 0.191. The Bertz CT molecular complexity index is 1200. The average Bonchev–Trinajstić information content (AvgIpc) is 2.89. The van der Waals surface area contributed by atoms with Gasteiger partial charge in [-0.3, -0.25) is 5.32 Å². The highest BCUT2D eigenvalue weighted by atomic mass is 35.5. The summed E-state index contributed by atoms with van der Waals surface area (Å²) < 4.78 is 13.6. The summed E-state index contributed by atoms with van der Waals surface area (Å²) in [6, 6.07) is 12.3. The number of anilines is 1. The van der Waals surface area contributed by atoms with Gasteiger partial charge in [-0.25, -0.2) is 19.2 Å². The first-order valence-corrected chi connectivity index (χ1v) is 13.0. The molecule has 2 aliphatic rings. The van der Waals surface area contributed by atoms with Crippen LogP contribution in [0.2, 0.25) is 5.02 Å². The lowest BCUT2D eigenvalue weighted by Gasteiger charge is -2.40. The minimum Gasteiger partial charge on any atom is -0.324 e. The molecule has 2 aliphatic heterocycles. The SMILES string of the molecule is Cc1cc(Cl)cc(-c2cnc(NC(=O)N3CCC(N4CCCCC4)CC3)nc2-c2ccc(F)cc2)c1. The van der Waals surface area contributed by atoms with Crippen LogP contribution in [0.3, 0.4) is 0 Å². The number of urea groups is 1. The predicted molar refractivity (Wildman–Crippen MR) is 142 cm³/mol. The van der Waals surface area contributed by atoms with Gasteiger partial charge in [-0.15, -0.1) is 0 Å². The van der Waals surface area contributed by atoms with Gasteiger partial charge in [-0.2, -0.15) is 0 Å². The van der Waals surface area contributed by atoms with Crippen LogP contribution in [0.1, 0.15) is 37.7 Å². The first-order valence-electron chi connectivity index (χ1n) is 12.7. The van der Waals surface area contributed by atoms with E-state index in [0.717, 1.165) is 48.2 Å². The first kappa shape index (κ1) is 24.7. The largest absolute Gasteiger partial charge is 0.324 e. The van der Waals surface area contributed by atoms with Gasteiger partial charge in [0.15, 0.2) is 0 Å². The second-order valence-electron chi connectivity index (χ2n) is 9.73. The van der Waals surface area contributed by atoms with E-state index in [1.165, 1.54) is 44.5 Å². The number of hydrogen-bond donors (Lipinski definition) is 1. The first-order chi connectivity index (χ1) is 17.5. The zero-order valence-corrected chi connectivity index (χ0v) is 21.3. The Balaban J connectivity index is 1.35. The normalized spacial score (nSPS) is 17.2. The van der Waals surface area contributed by atoms with E-state index >= 15 is 0 Å². The number of aromatic nitrogens is 2. The summed E-state index contributed by atoms with van der Waals surface area (Å²) in [6.07, 6.45) is 7.55. The molecule has 6 nitrogen and oxygen atoms in total. The summed E-state index contributed by atoms with van der Waals surface area (Å²) >= 11 is 6.31. The number of halogens is 2. The molecule has 0 aliphatic carbocycles. The number of nitrogens with zero attached hydrogens (tertiary/aromatic N) is 4. The maximum Gasteiger partial charge on any atom is 0.324 e. The molecule has 0 saturated carbocycles. The van der Waals surface area contributed by atoms with E-state index in [-0.39, 0.29) is 17.8 Å². The number of likely N-dealkylation sites (tertiary alicyclic amines) is 2. The molecule has 2 saturated heterocycles. The zero-order valence-electron chi connectivity index (χ0n) is 20.5. The standard InChI is InChI=1S/C28H31ClFN5O/c1-19-15-21(17-22(29)16-19)25-18-31-27(32-26(25)20-5-7-23(30)8-6-20)33-28(36)35-13-9-24(10-14-35)34-11-3-2-4-12-34/h5-8,15-18,24H,2-4,9-14H2,1H3,(H,31,32,33,36). The van der Waals surface area contributed by atoms with Crippen LogP contribution in [0.5, 0.6) is 0 Å². The molecule has 188 valence electrons. The number of nitrogens with one attached hydrogen (secondary N) is 1. The van der Waals surface area contributed by atoms with Crippen molar-refractivity contribution in [2.45, 2.75) is 45.1 Å². The smallest absolute Gasteiger partial charge is 0.324 e. The molecule has 0 bridgehead atoms. The monoisotopic (exact) mass is 507 g/mol. The number of carbonyl (C=O) groups is 1. The zero-order chi connectivity index (χ0) is 25.1. The van der Waals surface area contributed by atoms with E-state index in [1.54, 1.807) is 18.3 Å². The van der Waals surface area contributed by atoms with E-state index in [2.05, 4.69) is 20.2 Å². The van der Waals surface area contributed by atoms with Gasteiger partial charge in [-0.05, 0) is 93.2 Å². The Morgan fingerprint density at radius 2 is 1.72 bits per heavy atom. The average molecular weight is 508 g/mol. The van der Waals surface area contributed by atoms with Gasteiger partial charge in [0.05, 0.1) is 5.69 Å². The van der Waals surface area contributed by atoms with Gasteiger partial charge < -0.3 is 9.80 Å². The van der Waals surface area contributed by atoms with Gasteiger partial charge in [0, 0.05) is 41.5 Å². The van der Waals surface area contributed by atoms with Crippen molar-refractivity contribution >= 4 is 23.6 Å². The van der Waals surface area contributed by atoms with Crippen LogP contribution in [0.25, 0.3) is 22.4 Å². The predicted octanol–water partition coefficient (Wildman–Crippen LogP) is 6.39. The fourth-order valence-corrected chi connectivity index (χ4v) is 5.55. The summed E-state index contributed by atoms with van der Waals surface area (Å²) in [4.78, 5) is 26.6. The summed E-state index contributed by atoms with van der Waals surface area (Å²) in [6.45, 7) is 5.76. The second-order valence-corrected chi connectivity index (χ2v) is 10.2. The highest BCUT2D eigenvalue weighted by Crippen LogP contribution is 2.33. The van der Waals surface area contributed by atoms with Gasteiger partial charge in [-0.1, -0.05) is 24.1 Å². The van der Waals surface area contributed by atoms with Crippen LogP contribution >= 0.6 is 11.6 Å². The Morgan fingerprint density at radius 3 is 2.42 bits per heavy atom. The third-order valence-corrected chi connectivity index (χ3v) is 7.36. The van der Waals surface area contributed by atoms with Crippen LogP contribution in [0, 0.1) is 12.7 Å². The van der Waals surface area contributed by atoms with Crippen molar-refractivity contribution in [3.05, 3.63) is 65.1 Å². The molecular weight excluding hydrogens is 477 g/mol. The fourth-order valence-electron chi connectivity index (χ4n) is 5.27. The Labute approximate surface area is 216 Å². The quantitative estimate of drug-likeness (QED) is 0.444. The lowest BCUT2D eigenvalue weighted by atomic mass is 9.99. The number of carbonyl (C=O) groups excluding carboxylic acids is 1. The van der Waals surface area contributed by atoms with Crippen LogP contribution in [0.15, 0.2) is 48.7 Å². The molecule has 1 N–H and O–H groups in total. The lowest BCUT2D eigenvalue weighted by molar-refractivity contribution is 0.104. The van der Waals surface area contributed by atoms with E-state index in [1.807, 2.05) is 30.0 Å². The highest BCUT2D eigenvalue weighted by molar-refractivity contribution is 6.31. The Morgan fingerprint density at radius 1 is 1.00 bits per heavy atom. The maximum absolute atomic E-state index is 13.6. The molecule has 0 atom stereocenters. The summed E-state index contributed by atoms with van der Waals surface area (Å²) in [5, 5.41) is 3.49. The molecule has 3 heterocycles. The van der Waals surface area contributed by atoms with Gasteiger partial charge in [0.25, 0.3) is 0 Å². The molecule has 2 fully saturated rings. The molecule has 0 radical (unpaired) electrons. The van der Waals surface area contributed by atoms with Crippen molar-refractivity contribution in [1.82, 2.24) is 19.8 Å². The van der Waals surface area contributed by atoms with E-state index in [4.69, 9.17) is 11.6 Å². The molecule has 5 rings (SSSR count). The van der Waals surface area contributed by atoms with Crippen LogP contribution in [-0.4, -0.2) is 58.0 Å². The van der Waals surface area contributed by atoms with E-state index in [9.17, 15) is 9.18 Å². The molecule has 1 aromatic heterocycles. The Kier molecular flexibility index (Phi) is 7.48. The van der Waals surface area contributed by atoms with Crippen molar-refractivity contribution < 1.29 is 9.18 Å². The van der Waals surface area contributed by atoms with Gasteiger partial charge >= 0.3 is 6.03 Å². The third-order valence-electron chi connectivity index (χ3n) is 7.14. The lowest BCUT2D eigenvalue weighted by Crippen LogP contribution is -2.49. The molecular formula is C28H31ClFN5O. The van der Waals surface area contributed by atoms with Crippen LogP contribution in [-0.2, 0) is 0 Å². The van der Waals surface area contributed by atoms with Crippen molar-refractivity contribution in [1.29, 1.82) is 0 Å². The van der Waals surface area contributed by atoms with E-state index < -0.39 is 0 Å². The number of rotatable bonds is 4. The highest BCUT2D eigenvalue weighted by Gasteiger charge is 2.28. The molecule has 2 amide bonds. The molecule has 36 heavy (non-hydrogen) atoms. The third kappa shape index (κ3) is 5.68. The van der Waals surface area contributed by atoms with Gasteiger partial charge in [0.2, 0.25) is 5.95 Å². The van der Waals surface area contributed by atoms with Gasteiger partial charge in [0.1, 0.15) is 5.82 Å². The van der Waals surface area contributed by atoms with E-state index in [0.29, 0.717) is 16.8 Å².